The normalized spacial score (nSPS) is 11.4. The third-order valence-corrected chi connectivity index (χ3v) is 3.65. The zero-order valence-electron chi connectivity index (χ0n) is 14.4. The van der Waals surface area contributed by atoms with Crippen LogP contribution in [-0.4, -0.2) is 13.7 Å². The molecule has 0 saturated carbocycles. The van der Waals surface area contributed by atoms with E-state index >= 15 is 0 Å². The predicted octanol–water partition coefficient (Wildman–Crippen LogP) is 5.01. The topological polar surface area (TPSA) is 57.9 Å². The van der Waals surface area contributed by atoms with E-state index in [9.17, 15) is 18.0 Å². The van der Waals surface area contributed by atoms with Gasteiger partial charge in [0.15, 0.2) is 0 Å². The molecule has 0 aliphatic carbocycles. The molecule has 2 aromatic carbocycles. The highest BCUT2D eigenvalue weighted by molar-refractivity contribution is 5.79. The first-order chi connectivity index (χ1) is 12.8. The molecule has 142 valence electrons. The zero-order chi connectivity index (χ0) is 19.6. The highest BCUT2D eigenvalue weighted by Gasteiger charge is 2.40. The minimum Gasteiger partial charge on any atom is -0.497 e. The van der Waals surface area contributed by atoms with Crippen molar-refractivity contribution in [2.75, 3.05) is 13.7 Å². The predicted molar refractivity (Wildman–Crippen MR) is 91.7 cm³/mol. The minimum absolute atomic E-state index is 0.0115. The average Bonchev–Trinajstić information content (AvgIpc) is 2.63. The summed E-state index contributed by atoms with van der Waals surface area (Å²) in [6.45, 7) is 2.05. The van der Waals surface area contributed by atoms with Crippen LogP contribution in [0, 0.1) is 0 Å². The van der Waals surface area contributed by atoms with Gasteiger partial charge in [0.05, 0.1) is 19.1 Å². The SMILES string of the molecule is CCOc1ccc2c(=O)c(Oc3cccc(OC)c3)c(C(F)(F)F)oc2c1. The number of benzene rings is 2. The molecule has 27 heavy (non-hydrogen) atoms. The molecule has 3 aromatic rings. The van der Waals surface area contributed by atoms with Crippen LogP contribution in [-0.2, 0) is 6.18 Å². The van der Waals surface area contributed by atoms with Gasteiger partial charge in [0.2, 0.25) is 11.2 Å². The standard InChI is InChI=1S/C19H15F3O5/c1-3-25-12-7-8-14-15(10-12)27-18(19(20,21)22)17(16(14)23)26-13-6-4-5-11(9-13)24-2/h4-10H,3H2,1-2H3. The Labute approximate surface area is 151 Å². The summed E-state index contributed by atoms with van der Waals surface area (Å²) in [6.07, 6.45) is -4.93. The highest BCUT2D eigenvalue weighted by Crippen LogP contribution is 2.39. The van der Waals surface area contributed by atoms with Crippen molar-refractivity contribution in [3.05, 3.63) is 58.4 Å². The molecule has 0 amide bonds. The maximum Gasteiger partial charge on any atom is 0.453 e. The maximum atomic E-state index is 13.5. The summed E-state index contributed by atoms with van der Waals surface area (Å²) in [5.74, 6) is -1.78. The third kappa shape index (κ3) is 3.84. The zero-order valence-corrected chi connectivity index (χ0v) is 14.4. The van der Waals surface area contributed by atoms with E-state index in [4.69, 9.17) is 18.6 Å². The lowest BCUT2D eigenvalue weighted by molar-refractivity contribution is -0.154. The molecule has 1 heterocycles. The van der Waals surface area contributed by atoms with Gasteiger partial charge in [-0.2, -0.15) is 13.2 Å². The Balaban J connectivity index is 2.19. The molecule has 0 saturated heterocycles. The summed E-state index contributed by atoms with van der Waals surface area (Å²) in [5.41, 5.74) is -1.18. The summed E-state index contributed by atoms with van der Waals surface area (Å²) in [6, 6.07) is 9.95. The fraction of sp³-hybridized carbons (Fsp3) is 0.211. The quantitative estimate of drug-likeness (QED) is 0.623. The first-order valence-electron chi connectivity index (χ1n) is 7.96. The molecule has 8 heteroatoms. The average molecular weight is 380 g/mol. The summed E-state index contributed by atoms with van der Waals surface area (Å²) < 4.78 is 61.0. The van der Waals surface area contributed by atoms with Crippen molar-refractivity contribution in [1.82, 2.24) is 0 Å². The Morgan fingerprint density at radius 1 is 1.04 bits per heavy atom. The Hall–Kier alpha value is -3.16. The molecule has 3 rings (SSSR count). The lowest BCUT2D eigenvalue weighted by atomic mass is 10.2. The Kier molecular flexibility index (Phi) is 4.98. The minimum atomic E-state index is -4.93. The van der Waals surface area contributed by atoms with Crippen LogP contribution in [0.2, 0.25) is 0 Å². The third-order valence-electron chi connectivity index (χ3n) is 3.65. The molecule has 0 aliphatic rings. The number of hydrogen-bond acceptors (Lipinski definition) is 5. The van der Waals surface area contributed by atoms with Crippen molar-refractivity contribution >= 4 is 11.0 Å². The molecule has 0 bridgehead atoms. The van der Waals surface area contributed by atoms with Gasteiger partial charge >= 0.3 is 6.18 Å². The monoisotopic (exact) mass is 380 g/mol. The Morgan fingerprint density at radius 3 is 2.44 bits per heavy atom. The second-order valence-corrected chi connectivity index (χ2v) is 5.46. The first-order valence-corrected chi connectivity index (χ1v) is 7.96. The van der Waals surface area contributed by atoms with Crippen LogP contribution in [0.4, 0.5) is 13.2 Å². The van der Waals surface area contributed by atoms with Crippen molar-refractivity contribution in [2.45, 2.75) is 13.1 Å². The van der Waals surface area contributed by atoms with Crippen LogP contribution in [0.1, 0.15) is 12.7 Å². The van der Waals surface area contributed by atoms with Gasteiger partial charge in [-0.05, 0) is 31.2 Å². The number of ether oxygens (including phenoxy) is 3. The second-order valence-electron chi connectivity index (χ2n) is 5.46. The molecule has 1 aromatic heterocycles. The van der Waals surface area contributed by atoms with Crippen LogP contribution in [0.15, 0.2) is 51.7 Å². The molecule has 5 nitrogen and oxygen atoms in total. The van der Waals surface area contributed by atoms with Gasteiger partial charge in [0.25, 0.3) is 5.76 Å². The van der Waals surface area contributed by atoms with E-state index in [-0.39, 0.29) is 16.7 Å². The number of alkyl halides is 3. The maximum absolute atomic E-state index is 13.5. The van der Waals surface area contributed by atoms with E-state index in [1.165, 1.54) is 43.5 Å². The molecule has 0 unspecified atom stereocenters. The number of methoxy groups -OCH3 is 1. The number of fused-ring (bicyclic) bond motifs is 1. The molecule has 0 atom stereocenters. The van der Waals surface area contributed by atoms with E-state index in [1.807, 2.05) is 0 Å². The van der Waals surface area contributed by atoms with Gasteiger partial charge in [-0.25, -0.2) is 0 Å². The number of halogens is 3. The molecular weight excluding hydrogens is 365 g/mol. The summed E-state index contributed by atoms with van der Waals surface area (Å²) >= 11 is 0. The molecule has 0 fully saturated rings. The lowest BCUT2D eigenvalue weighted by Crippen LogP contribution is -2.15. The van der Waals surface area contributed by atoms with E-state index in [2.05, 4.69) is 0 Å². The van der Waals surface area contributed by atoms with Crippen LogP contribution in [0.5, 0.6) is 23.0 Å². The van der Waals surface area contributed by atoms with Crippen LogP contribution < -0.4 is 19.6 Å². The summed E-state index contributed by atoms with van der Waals surface area (Å²) in [5, 5.41) is -0.0515. The van der Waals surface area contributed by atoms with Crippen molar-refractivity contribution in [2.24, 2.45) is 0 Å². The van der Waals surface area contributed by atoms with E-state index < -0.39 is 23.1 Å². The Morgan fingerprint density at radius 2 is 1.78 bits per heavy atom. The van der Waals surface area contributed by atoms with Crippen molar-refractivity contribution in [1.29, 1.82) is 0 Å². The van der Waals surface area contributed by atoms with Gasteiger partial charge < -0.3 is 18.6 Å². The molecule has 0 radical (unpaired) electrons. The van der Waals surface area contributed by atoms with Gasteiger partial charge in [-0.15, -0.1) is 0 Å². The summed E-state index contributed by atoms with van der Waals surface area (Å²) in [7, 11) is 1.40. The molecule has 0 aliphatic heterocycles. The van der Waals surface area contributed by atoms with Crippen molar-refractivity contribution < 1.29 is 31.8 Å². The smallest absolute Gasteiger partial charge is 0.453 e. The van der Waals surface area contributed by atoms with E-state index in [0.717, 1.165) is 0 Å². The first kappa shape index (κ1) is 18.6. The molecule has 0 N–H and O–H groups in total. The Bertz CT molecular complexity index is 1020. The second kappa shape index (κ2) is 7.22. The van der Waals surface area contributed by atoms with Crippen LogP contribution >= 0.6 is 0 Å². The molecular formula is C19H15F3O5. The summed E-state index contributed by atoms with van der Waals surface area (Å²) in [4.78, 5) is 12.7. The van der Waals surface area contributed by atoms with Gasteiger partial charge in [0.1, 0.15) is 22.8 Å². The molecule has 0 spiro atoms. The van der Waals surface area contributed by atoms with E-state index in [0.29, 0.717) is 18.1 Å². The number of hydrogen-bond donors (Lipinski definition) is 0. The fourth-order valence-electron chi connectivity index (χ4n) is 2.47. The van der Waals surface area contributed by atoms with Crippen LogP contribution in [0.25, 0.3) is 11.0 Å². The largest absolute Gasteiger partial charge is 0.497 e. The highest BCUT2D eigenvalue weighted by atomic mass is 19.4. The lowest BCUT2D eigenvalue weighted by Gasteiger charge is -2.14. The van der Waals surface area contributed by atoms with Crippen LogP contribution in [0.3, 0.4) is 0 Å². The van der Waals surface area contributed by atoms with Crippen molar-refractivity contribution in [3.8, 4) is 23.0 Å². The van der Waals surface area contributed by atoms with Gasteiger partial charge in [-0.3, -0.25) is 4.79 Å². The van der Waals surface area contributed by atoms with Crippen molar-refractivity contribution in [3.63, 3.8) is 0 Å². The van der Waals surface area contributed by atoms with Gasteiger partial charge in [-0.1, -0.05) is 6.07 Å². The van der Waals surface area contributed by atoms with Gasteiger partial charge in [0, 0.05) is 12.1 Å². The number of rotatable bonds is 5. The van der Waals surface area contributed by atoms with E-state index in [1.54, 1.807) is 13.0 Å². The fourth-order valence-corrected chi connectivity index (χ4v) is 2.47.